The number of carbonyl (C=O) groups excluding carboxylic acids is 3. The molecule has 0 unspecified atom stereocenters. The Bertz CT molecular complexity index is 1390. The largest absolute Gasteiger partial charge is 0.493 e. The van der Waals surface area contributed by atoms with E-state index in [9.17, 15) is 18.8 Å². The molecule has 1 aliphatic heterocycles. The van der Waals surface area contributed by atoms with Gasteiger partial charge in [-0.3, -0.25) is 19.3 Å². The number of halogens is 2. The van der Waals surface area contributed by atoms with Crippen LogP contribution in [0.25, 0.3) is 6.08 Å². The van der Waals surface area contributed by atoms with Gasteiger partial charge in [-0.15, -0.1) is 0 Å². The zero-order chi connectivity index (χ0) is 26.5. The Morgan fingerprint density at radius 1 is 1.14 bits per heavy atom. The Morgan fingerprint density at radius 2 is 1.89 bits per heavy atom. The fourth-order valence-corrected chi connectivity index (χ4v) is 4.99. The zero-order valence-electron chi connectivity index (χ0n) is 19.9. The van der Waals surface area contributed by atoms with Crippen molar-refractivity contribution in [3.63, 3.8) is 0 Å². The fraction of sp³-hybridized carbons (Fsp3) is 0.148. The van der Waals surface area contributed by atoms with Gasteiger partial charge in [-0.1, -0.05) is 24.3 Å². The smallest absolute Gasteiger partial charge is 0.293 e. The summed E-state index contributed by atoms with van der Waals surface area (Å²) in [4.78, 5) is 39.0. The summed E-state index contributed by atoms with van der Waals surface area (Å²) in [5.74, 6) is -0.504. The molecule has 0 radical (unpaired) electrons. The molecule has 10 heteroatoms. The van der Waals surface area contributed by atoms with Crippen LogP contribution in [0.15, 0.2) is 70.0 Å². The molecule has 1 saturated heterocycles. The molecule has 0 spiro atoms. The molecule has 37 heavy (non-hydrogen) atoms. The molecule has 190 valence electrons. The Labute approximate surface area is 225 Å². The highest BCUT2D eigenvalue weighted by atomic mass is 79.9. The first kappa shape index (κ1) is 26.4. The Balaban J connectivity index is 1.46. The fourth-order valence-electron chi connectivity index (χ4n) is 3.58. The van der Waals surface area contributed by atoms with Gasteiger partial charge in [-0.2, -0.15) is 0 Å². The van der Waals surface area contributed by atoms with Crippen molar-refractivity contribution in [1.29, 1.82) is 0 Å². The van der Waals surface area contributed by atoms with Gasteiger partial charge in [0.15, 0.2) is 18.1 Å². The van der Waals surface area contributed by atoms with Crippen molar-refractivity contribution in [3.05, 3.63) is 92.5 Å². The van der Waals surface area contributed by atoms with E-state index in [4.69, 9.17) is 9.47 Å². The van der Waals surface area contributed by atoms with Gasteiger partial charge in [0.1, 0.15) is 5.82 Å². The van der Waals surface area contributed by atoms with Crippen molar-refractivity contribution < 1.29 is 28.2 Å². The van der Waals surface area contributed by atoms with Gasteiger partial charge in [-0.25, -0.2) is 4.39 Å². The van der Waals surface area contributed by atoms with Gasteiger partial charge < -0.3 is 14.8 Å². The molecular weight excluding hydrogens is 563 g/mol. The lowest BCUT2D eigenvalue weighted by Gasteiger charge is -2.14. The number of hydrogen-bond donors (Lipinski definition) is 1. The topological polar surface area (TPSA) is 84.9 Å². The van der Waals surface area contributed by atoms with E-state index in [1.165, 1.54) is 31.4 Å². The maximum Gasteiger partial charge on any atom is 0.293 e. The number of aryl methyl sites for hydroxylation is 1. The van der Waals surface area contributed by atoms with E-state index in [1.54, 1.807) is 24.3 Å². The standard InChI is InChI=1S/C27H22BrFN2O5S/c1-16-4-3-5-20(10-16)30-24(32)15-36-25-21(28)11-18(12-22(25)35-2)13-23-26(33)31(27(34)37-23)14-17-6-8-19(29)9-7-17/h3-13H,14-15H2,1-2H3,(H,30,32)/b23-13-. The third kappa shape index (κ3) is 6.58. The van der Waals surface area contributed by atoms with Crippen LogP contribution in [0.5, 0.6) is 11.5 Å². The summed E-state index contributed by atoms with van der Waals surface area (Å²) >= 11 is 4.26. The van der Waals surface area contributed by atoms with Gasteiger partial charge >= 0.3 is 0 Å². The van der Waals surface area contributed by atoms with E-state index in [2.05, 4.69) is 21.2 Å². The van der Waals surface area contributed by atoms with Gasteiger partial charge in [0.05, 0.1) is 23.0 Å². The molecule has 0 saturated carbocycles. The molecule has 0 atom stereocenters. The molecule has 3 aromatic rings. The zero-order valence-corrected chi connectivity index (χ0v) is 22.3. The maximum absolute atomic E-state index is 13.2. The quantitative estimate of drug-likeness (QED) is 0.319. The van der Waals surface area contributed by atoms with Gasteiger partial charge in [0.25, 0.3) is 17.1 Å². The number of rotatable bonds is 8. The Morgan fingerprint density at radius 3 is 2.59 bits per heavy atom. The first-order chi connectivity index (χ1) is 17.7. The van der Waals surface area contributed by atoms with Gasteiger partial charge in [0, 0.05) is 5.69 Å². The van der Waals surface area contributed by atoms with Gasteiger partial charge in [-0.05, 0) is 93.8 Å². The van der Waals surface area contributed by atoms with E-state index in [0.29, 0.717) is 32.8 Å². The number of amides is 3. The summed E-state index contributed by atoms with van der Waals surface area (Å²) in [6.07, 6.45) is 1.58. The number of hydrogen-bond acceptors (Lipinski definition) is 6. The Kier molecular flexibility index (Phi) is 8.30. The monoisotopic (exact) mass is 584 g/mol. The van der Waals surface area contributed by atoms with Crippen LogP contribution in [0, 0.1) is 12.7 Å². The molecule has 4 rings (SSSR count). The van der Waals surface area contributed by atoms with Crippen LogP contribution in [-0.4, -0.2) is 35.7 Å². The van der Waals surface area contributed by atoms with Crippen LogP contribution in [0.1, 0.15) is 16.7 Å². The number of anilines is 1. The number of ether oxygens (including phenoxy) is 2. The highest BCUT2D eigenvalue weighted by molar-refractivity contribution is 9.10. The molecule has 1 heterocycles. The van der Waals surface area contributed by atoms with Crippen LogP contribution >= 0.6 is 27.7 Å². The number of imide groups is 1. The summed E-state index contributed by atoms with van der Waals surface area (Å²) in [6.45, 7) is 1.73. The molecule has 1 fully saturated rings. The second kappa shape index (κ2) is 11.6. The van der Waals surface area contributed by atoms with E-state index in [0.717, 1.165) is 22.2 Å². The van der Waals surface area contributed by atoms with Crippen molar-refractivity contribution in [2.24, 2.45) is 0 Å². The van der Waals surface area contributed by atoms with E-state index >= 15 is 0 Å². The first-order valence-electron chi connectivity index (χ1n) is 11.1. The highest BCUT2D eigenvalue weighted by Crippen LogP contribution is 2.39. The molecule has 0 aliphatic carbocycles. The van der Waals surface area contributed by atoms with E-state index in [1.807, 2.05) is 25.1 Å². The number of nitrogens with zero attached hydrogens (tertiary/aromatic N) is 1. The number of carbonyl (C=O) groups is 3. The summed E-state index contributed by atoms with van der Waals surface area (Å²) < 4.78 is 24.8. The number of benzene rings is 3. The van der Waals surface area contributed by atoms with Crippen LogP contribution < -0.4 is 14.8 Å². The Hall–Kier alpha value is -3.63. The van der Waals surface area contributed by atoms with E-state index in [-0.39, 0.29) is 24.0 Å². The SMILES string of the molecule is COc1cc(/C=C2\SC(=O)N(Cc3ccc(F)cc3)C2=O)cc(Br)c1OCC(=O)Nc1cccc(C)c1. The summed E-state index contributed by atoms with van der Waals surface area (Å²) in [7, 11) is 1.46. The second-order valence-corrected chi connectivity index (χ2v) is 9.98. The molecule has 1 N–H and O–H groups in total. The molecule has 3 aromatic carbocycles. The molecular formula is C27H22BrFN2O5S. The minimum atomic E-state index is -0.442. The van der Waals surface area contributed by atoms with Crippen molar-refractivity contribution in [2.45, 2.75) is 13.5 Å². The lowest BCUT2D eigenvalue weighted by Crippen LogP contribution is -2.27. The lowest BCUT2D eigenvalue weighted by molar-refractivity contribution is -0.123. The summed E-state index contributed by atoms with van der Waals surface area (Å²) in [5.41, 5.74) is 2.92. The van der Waals surface area contributed by atoms with Crippen LogP contribution in [-0.2, 0) is 16.1 Å². The second-order valence-electron chi connectivity index (χ2n) is 8.13. The van der Waals surface area contributed by atoms with Gasteiger partial charge in [0.2, 0.25) is 0 Å². The normalized spacial score (nSPS) is 14.3. The number of nitrogens with one attached hydrogen (secondary N) is 1. The lowest BCUT2D eigenvalue weighted by atomic mass is 10.1. The van der Waals surface area contributed by atoms with Crippen LogP contribution in [0.3, 0.4) is 0 Å². The maximum atomic E-state index is 13.2. The average Bonchev–Trinajstić information content (AvgIpc) is 3.11. The highest BCUT2D eigenvalue weighted by Gasteiger charge is 2.35. The minimum absolute atomic E-state index is 0.0483. The van der Waals surface area contributed by atoms with Crippen molar-refractivity contribution >= 4 is 56.5 Å². The third-order valence-corrected chi connectivity index (χ3v) is 6.82. The summed E-state index contributed by atoms with van der Waals surface area (Å²) in [6, 6.07) is 16.4. The molecule has 1 aliphatic rings. The van der Waals surface area contributed by atoms with Crippen molar-refractivity contribution in [1.82, 2.24) is 4.90 Å². The van der Waals surface area contributed by atoms with Crippen molar-refractivity contribution in [3.8, 4) is 11.5 Å². The van der Waals surface area contributed by atoms with Crippen molar-refractivity contribution in [2.75, 3.05) is 19.0 Å². The van der Waals surface area contributed by atoms with Crippen LogP contribution in [0.2, 0.25) is 0 Å². The van der Waals surface area contributed by atoms with Crippen LogP contribution in [0.4, 0.5) is 14.9 Å². The average molecular weight is 585 g/mol. The predicted molar refractivity (Wildman–Crippen MR) is 144 cm³/mol. The molecule has 0 aromatic heterocycles. The molecule has 7 nitrogen and oxygen atoms in total. The first-order valence-corrected chi connectivity index (χ1v) is 12.7. The van der Waals surface area contributed by atoms with E-state index < -0.39 is 17.0 Å². The predicted octanol–water partition coefficient (Wildman–Crippen LogP) is 6.16. The number of methoxy groups -OCH3 is 1. The molecule has 3 amide bonds. The summed E-state index contributed by atoms with van der Waals surface area (Å²) in [5, 5.41) is 2.37. The molecule has 0 bridgehead atoms. The number of thioether (sulfide) groups is 1. The minimum Gasteiger partial charge on any atom is -0.493 e. The third-order valence-electron chi connectivity index (χ3n) is 5.33.